The van der Waals surface area contributed by atoms with Crippen molar-refractivity contribution in [3.05, 3.63) is 0 Å². The molecule has 1 heterocycles. The Morgan fingerprint density at radius 3 is 2.00 bits per heavy atom. The normalized spacial score (nSPS) is 28.2. The van der Waals surface area contributed by atoms with E-state index in [4.69, 9.17) is 4.74 Å². The molecule has 0 bridgehead atoms. The Morgan fingerprint density at radius 2 is 1.56 bits per heavy atom. The highest BCUT2D eigenvalue weighted by molar-refractivity contribution is 4.89. The maximum absolute atomic E-state index is 5.95. The molecule has 1 fully saturated rings. The minimum Gasteiger partial charge on any atom is -0.366 e. The van der Waals surface area contributed by atoms with Crippen molar-refractivity contribution in [2.75, 3.05) is 26.4 Å². The van der Waals surface area contributed by atoms with Gasteiger partial charge in [-0.15, -0.1) is 0 Å². The van der Waals surface area contributed by atoms with E-state index in [0.29, 0.717) is 22.7 Å². The second-order valence-electron chi connectivity index (χ2n) is 8.02. The van der Waals surface area contributed by atoms with Crippen LogP contribution in [0.2, 0.25) is 0 Å². The van der Waals surface area contributed by atoms with Crippen molar-refractivity contribution < 1.29 is 4.74 Å². The fraction of sp³-hybridized carbons (Fsp3) is 1.00. The van der Waals surface area contributed by atoms with Crippen LogP contribution in [0.5, 0.6) is 0 Å². The highest BCUT2D eigenvalue weighted by Gasteiger charge is 2.41. The smallest absolute Gasteiger partial charge is 0.0990 e. The van der Waals surface area contributed by atoms with E-state index >= 15 is 0 Å². The molecule has 108 valence electrons. The van der Waals surface area contributed by atoms with Gasteiger partial charge in [0, 0.05) is 13.1 Å². The van der Waals surface area contributed by atoms with E-state index in [1.54, 1.807) is 0 Å². The lowest BCUT2D eigenvalue weighted by atomic mass is 9.64. The zero-order valence-electron chi connectivity index (χ0n) is 13.5. The standard InChI is InChI=1S/C16H33NO/c1-8-9-17-10-13(15(2,3)4)14(11-18-12-17)16(5,6)7/h13-14H,8-12H2,1-7H3. The zero-order chi connectivity index (χ0) is 14.0. The van der Waals surface area contributed by atoms with E-state index in [1.807, 2.05) is 0 Å². The number of ether oxygens (including phenoxy) is 1. The summed E-state index contributed by atoms with van der Waals surface area (Å²) in [6.07, 6.45) is 1.21. The molecule has 1 aliphatic rings. The number of hydrogen-bond acceptors (Lipinski definition) is 2. The molecule has 0 aromatic heterocycles. The molecule has 0 aromatic rings. The first kappa shape index (κ1) is 16.0. The lowest BCUT2D eigenvalue weighted by molar-refractivity contribution is 0.0108. The highest BCUT2D eigenvalue weighted by atomic mass is 16.5. The predicted octanol–water partition coefficient (Wildman–Crippen LogP) is 4.01. The molecule has 0 aliphatic carbocycles. The maximum atomic E-state index is 5.95. The Balaban J connectivity index is 2.90. The van der Waals surface area contributed by atoms with Gasteiger partial charge in [0.15, 0.2) is 0 Å². The zero-order valence-corrected chi connectivity index (χ0v) is 13.5. The monoisotopic (exact) mass is 255 g/mol. The van der Waals surface area contributed by atoms with Gasteiger partial charge < -0.3 is 4.74 Å². The molecule has 0 amide bonds. The molecule has 2 unspecified atom stereocenters. The number of hydrogen-bond donors (Lipinski definition) is 0. The van der Waals surface area contributed by atoms with Crippen molar-refractivity contribution in [1.82, 2.24) is 4.90 Å². The van der Waals surface area contributed by atoms with Crippen molar-refractivity contribution in [3.8, 4) is 0 Å². The molecular formula is C16H33NO. The first-order chi connectivity index (χ1) is 8.16. The molecular weight excluding hydrogens is 222 g/mol. The summed E-state index contributed by atoms with van der Waals surface area (Å²) in [5.41, 5.74) is 0.664. The van der Waals surface area contributed by atoms with Gasteiger partial charge in [-0.25, -0.2) is 0 Å². The van der Waals surface area contributed by atoms with Gasteiger partial charge in [-0.1, -0.05) is 48.5 Å². The first-order valence-corrected chi connectivity index (χ1v) is 7.46. The lowest BCUT2D eigenvalue weighted by Crippen LogP contribution is -2.42. The topological polar surface area (TPSA) is 12.5 Å². The summed E-state index contributed by atoms with van der Waals surface area (Å²) in [4.78, 5) is 2.49. The van der Waals surface area contributed by atoms with Gasteiger partial charge in [0.25, 0.3) is 0 Å². The molecule has 0 saturated carbocycles. The van der Waals surface area contributed by atoms with Gasteiger partial charge in [0.05, 0.1) is 13.3 Å². The minimum atomic E-state index is 0.320. The van der Waals surface area contributed by atoms with Crippen LogP contribution >= 0.6 is 0 Å². The summed E-state index contributed by atoms with van der Waals surface area (Å²) in [7, 11) is 0. The lowest BCUT2D eigenvalue weighted by Gasteiger charge is -2.43. The molecule has 2 heteroatoms. The van der Waals surface area contributed by atoms with E-state index in [9.17, 15) is 0 Å². The summed E-state index contributed by atoms with van der Waals surface area (Å²) in [6.45, 7) is 20.5. The van der Waals surface area contributed by atoms with E-state index < -0.39 is 0 Å². The Hall–Kier alpha value is -0.0800. The summed E-state index contributed by atoms with van der Waals surface area (Å²) < 4.78 is 5.95. The first-order valence-electron chi connectivity index (χ1n) is 7.46. The van der Waals surface area contributed by atoms with Crippen LogP contribution in [0.15, 0.2) is 0 Å². The van der Waals surface area contributed by atoms with Gasteiger partial charge in [0.1, 0.15) is 0 Å². The molecule has 1 aliphatic heterocycles. The van der Waals surface area contributed by atoms with E-state index in [-0.39, 0.29) is 0 Å². The summed E-state index contributed by atoms with van der Waals surface area (Å²) in [6, 6.07) is 0. The van der Waals surface area contributed by atoms with Crippen LogP contribution in [0, 0.1) is 22.7 Å². The van der Waals surface area contributed by atoms with Gasteiger partial charge in [-0.2, -0.15) is 0 Å². The van der Waals surface area contributed by atoms with Crippen molar-refractivity contribution in [2.45, 2.75) is 54.9 Å². The quantitative estimate of drug-likeness (QED) is 0.739. The molecule has 0 aromatic carbocycles. The third-order valence-corrected chi connectivity index (χ3v) is 4.28. The Labute approximate surface area is 114 Å². The molecule has 0 radical (unpaired) electrons. The maximum Gasteiger partial charge on any atom is 0.0990 e. The van der Waals surface area contributed by atoms with Crippen LogP contribution in [0.3, 0.4) is 0 Å². The SMILES string of the molecule is CCCN1COCC(C(C)(C)C)C(C(C)(C)C)C1. The van der Waals surface area contributed by atoms with Crippen molar-refractivity contribution in [3.63, 3.8) is 0 Å². The average Bonchev–Trinajstić information content (AvgIpc) is 2.39. The summed E-state index contributed by atoms with van der Waals surface area (Å²) in [5.74, 6) is 1.34. The third kappa shape index (κ3) is 4.24. The largest absolute Gasteiger partial charge is 0.366 e. The van der Waals surface area contributed by atoms with Crippen molar-refractivity contribution in [1.29, 1.82) is 0 Å². The van der Waals surface area contributed by atoms with E-state index in [1.165, 1.54) is 13.0 Å². The van der Waals surface area contributed by atoms with Gasteiger partial charge in [-0.3, -0.25) is 4.90 Å². The van der Waals surface area contributed by atoms with E-state index in [0.717, 1.165) is 19.9 Å². The molecule has 1 saturated heterocycles. The molecule has 1 rings (SSSR count). The van der Waals surface area contributed by atoms with Crippen molar-refractivity contribution in [2.24, 2.45) is 22.7 Å². The molecule has 0 N–H and O–H groups in total. The third-order valence-electron chi connectivity index (χ3n) is 4.28. The Kier molecular flexibility index (Phi) is 5.25. The van der Waals surface area contributed by atoms with Gasteiger partial charge >= 0.3 is 0 Å². The number of rotatable bonds is 2. The summed E-state index contributed by atoms with van der Waals surface area (Å²) in [5, 5.41) is 0. The van der Waals surface area contributed by atoms with Gasteiger partial charge in [-0.05, 0) is 29.1 Å². The average molecular weight is 255 g/mol. The van der Waals surface area contributed by atoms with Crippen molar-refractivity contribution >= 4 is 0 Å². The fourth-order valence-electron chi connectivity index (χ4n) is 3.09. The second-order valence-corrected chi connectivity index (χ2v) is 8.02. The second kappa shape index (κ2) is 5.92. The summed E-state index contributed by atoms with van der Waals surface area (Å²) >= 11 is 0. The molecule has 2 atom stereocenters. The van der Waals surface area contributed by atoms with Crippen LogP contribution in [-0.2, 0) is 4.74 Å². The van der Waals surface area contributed by atoms with Crippen LogP contribution in [0.4, 0.5) is 0 Å². The van der Waals surface area contributed by atoms with Gasteiger partial charge in [0.2, 0.25) is 0 Å². The number of nitrogens with zero attached hydrogens (tertiary/aromatic N) is 1. The Bertz CT molecular complexity index is 249. The predicted molar refractivity (Wildman–Crippen MR) is 78.6 cm³/mol. The van der Waals surface area contributed by atoms with Crippen LogP contribution in [-0.4, -0.2) is 31.3 Å². The van der Waals surface area contributed by atoms with Crippen LogP contribution < -0.4 is 0 Å². The molecule has 18 heavy (non-hydrogen) atoms. The highest BCUT2D eigenvalue weighted by Crippen LogP contribution is 2.43. The fourth-order valence-corrected chi connectivity index (χ4v) is 3.09. The molecule has 2 nitrogen and oxygen atoms in total. The Morgan fingerprint density at radius 1 is 1.00 bits per heavy atom. The molecule has 0 spiro atoms. The van der Waals surface area contributed by atoms with E-state index in [2.05, 4.69) is 53.4 Å². The minimum absolute atomic E-state index is 0.320. The van der Waals surface area contributed by atoms with Crippen LogP contribution in [0.25, 0.3) is 0 Å². The van der Waals surface area contributed by atoms with Crippen LogP contribution in [0.1, 0.15) is 54.9 Å².